The van der Waals surface area contributed by atoms with Crippen LogP contribution in [0.4, 0.5) is 0 Å². The molecule has 1 aliphatic heterocycles. The maximum Gasteiger partial charge on any atom is 0.237 e. The Morgan fingerprint density at radius 3 is 2.94 bits per heavy atom. The van der Waals surface area contributed by atoms with E-state index >= 15 is 0 Å². The van der Waals surface area contributed by atoms with E-state index < -0.39 is 5.60 Å². The summed E-state index contributed by atoms with van der Waals surface area (Å²) in [5, 5.41) is 9.77. The quantitative estimate of drug-likeness (QED) is 0.758. The Morgan fingerprint density at radius 2 is 2.28 bits per heavy atom. The predicted molar refractivity (Wildman–Crippen MR) is 62.8 cm³/mol. The van der Waals surface area contributed by atoms with Crippen LogP contribution in [-0.4, -0.2) is 42.3 Å². The van der Waals surface area contributed by atoms with Gasteiger partial charge in [0, 0.05) is 20.2 Å². The van der Waals surface area contributed by atoms with Gasteiger partial charge in [0.2, 0.25) is 17.6 Å². The number of aromatic nitrogens is 2. The van der Waals surface area contributed by atoms with E-state index in [1.54, 1.807) is 7.11 Å². The van der Waals surface area contributed by atoms with E-state index in [1.807, 2.05) is 13.8 Å². The summed E-state index contributed by atoms with van der Waals surface area (Å²) in [6.07, 6.45) is 0.388. The summed E-state index contributed by atoms with van der Waals surface area (Å²) >= 11 is 0. The molecule has 0 saturated carbocycles. The molecule has 18 heavy (non-hydrogen) atoms. The molecule has 2 rings (SSSR count). The molecule has 1 unspecified atom stereocenters. The van der Waals surface area contributed by atoms with Gasteiger partial charge in [-0.1, -0.05) is 5.16 Å². The van der Waals surface area contributed by atoms with Crippen LogP contribution in [0.3, 0.4) is 0 Å². The zero-order valence-electron chi connectivity index (χ0n) is 10.8. The van der Waals surface area contributed by atoms with Crippen molar-refractivity contribution >= 4 is 5.91 Å². The van der Waals surface area contributed by atoms with Crippen molar-refractivity contribution < 1.29 is 14.1 Å². The van der Waals surface area contributed by atoms with Crippen molar-refractivity contribution in [2.24, 2.45) is 0 Å². The molecule has 1 aromatic heterocycles. The fraction of sp³-hybridized carbons (Fsp3) is 0.727. The van der Waals surface area contributed by atoms with E-state index in [0.29, 0.717) is 24.7 Å². The molecule has 7 heteroatoms. The van der Waals surface area contributed by atoms with Crippen molar-refractivity contribution in [3.63, 3.8) is 0 Å². The first-order chi connectivity index (χ1) is 8.53. The molecule has 0 radical (unpaired) electrons. The number of rotatable bonds is 4. The SMILES string of the molecule is COC(C)(C)c1noc(CC2NCCNC2=O)n1. The number of carbonyl (C=O) groups excluding carboxylic acids is 1. The molecule has 0 bridgehead atoms. The predicted octanol–water partition coefficient (Wildman–Crippen LogP) is -0.418. The second-order valence-corrected chi connectivity index (χ2v) is 4.73. The average molecular weight is 254 g/mol. The summed E-state index contributed by atoms with van der Waals surface area (Å²) in [5.74, 6) is 0.882. The second kappa shape index (κ2) is 5.03. The highest BCUT2D eigenvalue weighted by Gasteiger charge is 2.28. The number of carbonyl (C=O) groups is 1. The van der Waals surface area contributed by atoms with E-state index in [4.69, 9.17) is 9.26 Å². The third-order valence-electron chi connectivity index (χ3n) is 3.03. The highest BCUT2D eigenvalue weighted by molar-refractivity contribution is 5.82. The topological polar surface area (TPSA) is 89.3 Å². The Morgan fingerprint density at radius 1 is 1.50 bits per heavy atom. The van der Waals surface area contributed by atoms with Crippen molar-refractivity contribution in [3.05, 3.63) is 11.7 Å². The van der Waals surface area contributed by atoms with Crippen LogP contribution in [0.25, 0.3) is 0 Å². The van der Waals surface area contributed by atoms with Gasteiger partial charge < -0.3 is 19.9 Å². The minimum Gasteiger partial charge on any atom is -0.371 e. The highest BCUT2D eigenvalue weighted by atomic mass is 16.5. The van der Waals surface area contributed by atoms with E-state index in [-0.39, 0.29) is 11.9 Å². The Bertz CT molecular complexity index is 430. The van der Waals surface area contributed by atoms with Crippen LogP contribution >= 0.6 is 0 Å². The molecular formula is C11H18N4O3. The third-order valence-corrected chi connectivity index (χ3v) is 3.03. The number of ether oxygens (including phenoxy) is 1. The summed E-state index contributed by atoms with van der Waals surface area (Å²) in [6, 6.07) is -0.308. The van der Waals surface area contributed by atoms with Gasteiger partial charge in [0.05, 0.1) is 12.5 Å². The molecule has 0 spiro atoms. The standard InChI is InChI=1S/C11H18N4O3/c1-11(2,17-3)10-14-8(18-15-10)6-7-9(16)13-5-4-12-7/h7,12H,4-6H2,1-3H3,(H,13,16). The molecule has 0 aromatic carbocycles. The Balaban J connectivity index is 2.04. The molecule has 100 valence electrons. The monoisotopic (exact) mass is 254 g/mol. The van der Waals surface area contributed by atoms with Gasteiger partial charge in [-0.15, -0.1) is 0 Å². The van der Waals surface area contributed by atoms with E-state index in [9.17, 15) is 4.79 Å². The first kappa shape index (κ1) is 13.0. The van der Waals surface area contributed by atoms with Gasteiger partial charge in [0.15, 0.2) is 0 Å². The molecule has 0 aliphatic carbocycles. The number of nitrogens with one attached hydrogen (secondary N) is 2. The summed E-state index contributed by atoms with van der Waals surface area (Å²) in [5.41, 5.74) is -0.593. The third kappa shape index (κ3) is 2.68. The molecule has 1 aromatic rings. The van der Waals surface area contributed by atoms with Crippen LogP contribution < -0.4 is 10.6 Å². The van der Waals surface area contributed by atoms with Crippen LogP contribution in [0.15, 0.2) is 4.52 Å². The molecule has 1 saturated heterocycles. The van der Waals surface area contributed by atoms with Crippen LogP contribution in [0.1, 0.15) is 25.6 Å². The van der Waals surface area contributed by atoms with Crippen molar-refractivity contribution in [1.29, 1.82) is 0 Å². The minimum atomic E-state index is -0.593. The van der Waals surface area contributed by atoms with Crippen LogP contribution in [0, 0.1) is 0 Å². The van der Waals surface area contributed by atoms with Gasteiger partial charge in [0.1, 0.15) is 5.60 Å². The number of amides is 1. The lowest BCUT2D eigenvalue weighted by Gasteiger charge is -2.22. The molecule has 2 N–H and O–H groups in total. The highest BCUT2D eigenvalue weighted by Crippen LogP contribution is 2.20. The lowest BCUT2D eigenvalue weighted by molar-refractivity contribution is -0.124. The molecule has 1 amide bonds. The van der Waals surface area contributed by atoms with Crippen LogP contribution in [-0.2, 0) is 21.6 Å². The van der Waals surface area contributed by atoms with Gasteiger partial charge in [-0.3, -0.25) is 4.79 Å². The van der Waals surface area contributed by atoms with Crippen LogP contribution in [0.5, 0.6) is 0 Å². The molecule has 1 atom stereocenters. The second-order valence-electron chi connectivity index (χ2n) is 4.73. The summed E-state index contributed by atoms with van der Waals surface area (Å²) in [6.45, 7) is 5.11. The van der Waals surface area contributed by atoms with Crippen molar-refractivity contribution in [1.82, 2.24) is 20.8 Å². The molecule has 7 nitrogen and oxygen atoms in total. The normalized spacial score (nSPS) is 20.8. The van der Waals surface area contributed by atoms with Gasteiger partial charge in [0.25, 0.3) is 0 Å². The van der Waals surface area contributed by atoms with Crippen molar-refractivity contribution in [2.45, 2.75) is 31.9 Å². The first-order valence-corrected chi connectivity index (χ1v) is 5.92. The summed E-state index contributed by atoms with van der Waals surface area (Å²) in [4.78, 5) is 15.8. The van der Waals surface area contributed by atoms with Crippen molar-refractivity contribution in [3.8, 4) is 0 Å². The largest absolute Gasteiger partial charge is 0.371 e. The molecule has 1 fully saturated rings. The van der Waals surface area contributed by atoms with Gasteiger partial charge in [-0.25, -0.2) is 0 Å². The number of methoxy groups -OCH3 is 1. The zero-order valence-corrected chi connectivity index (χ0v) is 10.8. The lowest BCUT2D eigenvalue weighted by Crippen LogP contribution is -2.53. The first-order valence-electron chi connectivity index (χ1n) is 5.92. The fourth-order valence-electron chi connectivity index (χ4n) is 1.66. The number of hydrogen-bond acceptors (Lipinski definition) is 6. The maximum atomic E-state index is 11.6. The zero-order chi connectivity index (χ0) is 13.2. The number of hydrogen-bond donors (Lipinski definition) is 2. The molecule has 2 heterocycles. The molecule has 1 aliphatic rings. The van der Waals surface area contributed by atoms with E-state index in [0.717, 1.165) is 6.54 Å². The van der Waals surface area contributed by atoms with E-state index in [1.165, 1.54) is 0 Å². The summed E-state index contributed by atoms with van der Waals surface area (Å²) < 4.78 is 10.4. The van der Waals surface area contributed by atoms with Gasteiger partial charge in [-0.05, 0) is 13.8 Å². The molecular weight excluding hydrogens is 236 g/mol. The Labute approximate surface area is 105 Å². The van der Waals surface area contributed by atoms with E-state index in [2.05, 4.69) is 20.8 Å². The minimum absolute atomic E-state index is 0.0352. The Hall–Kier alpha value is -1.47. The Kier molecular flexibility index (Phi) is 3.63. The maximum absolute atomic E-state index is 11.6. The number of nitrogens with zero attached hydrogens (tertiary/aromatic N) is 2. The average Bonchev–Trinajstić information content (AvgIpc) is 2.81. The fourth-order valence-corrected chi connectivity index (χ4v) is 1.66. The van der Waals surface area contributed by atoms with Gasteiger partial charge >= 0.3 is 0 Å². The van der Waals surface area contributed by atoms with Crippen LogP contribution in [0.2, 0.25) is 0 Å². The van der Waals surface area contributed by atoms with Gasteiger partial charge in [-0.2, -0.15) is 4.98 Å². The number of piperazine rings is 1. The van der Waals surface area contributed by atoms with Crippen molar-refractivity contribution in [2.75, 3.05) is 20.2 Å². The lowest BCUT2D eigenvalue weighted by atomic mass is 10.1. The smallest absolute Gasteiger partial charge is 0.237 e. The summed E-state index contributed by atoms with van der Waals surface area (Å²) in [7, 11) is 1.59.